The van der Waals surface area contributed by atoms with E-state index in [4.69, 9.17) is 19.9 Å². The molecule has 0 aliphatic rings. The number of nitrogens with zero attached hydrogens (tertiary/aromatic N) is 4. The average molecular weight is 751 g/mol. The molecule has 11 aromatic rings. The summed E-state index contributed by atoms with van der Waals surface area (Å²) < 4.78 is 2.36. The van der Waals surface area contributed by atoms with Crippen molar-refractivity contribution in [2.45, 2.75) is 0 Å². The Bertz CT molecular complexity index is 3260. The summed E-state index contributed by atoms with van der Waals surface area (Å²) in [6.07, 6.45) is 0. The smallest absolute Gasteiger partial charge is 0.162 e. The van der Waals surface area contributed by atoms with Crippen LogP contribution in [0.2, 0.25) is 0 Å². The molecule has 0 saturated heterocycles. The van der Waals surface area contributed by atoms with Gasteiger partial charge in [0.1, 0.15) is 9.66 Å². The zero-order valence-electron chi connectivity index (χ0n) is 29.9. The first-order chi connectivity index (χ1) is 27.7. The maximum absolute atomic E-state index is 5.50. The van der Waals surface area contributed by atoms with Crippen molar-refractivity contribution in [3.63, 3.8) is 0 Å². The first kappa shape index (κ1) is 32.6. The van der Waals surface area contributed by atoms with Crippen molar-refractivity contribution >= 4 is 63.3 Å². The van der Waals surface area contributed by atoms with Crippen molar-refractivity contribution in [2.24, 2.45) is 0 Å². The number of aromatic nitrogens is 4. The minimum atomic E-state index is 0.665. The number of benzene rings is 7. The van der Waals surface area contributed by atoms with Gasteiger partial charge >= 0.3 is 0 Å². The standard InChI is InChI=1S/C50H30N4S2/c1-3-15-31(16-4-1)33-19-13-21-35(29-33)45-43-39-25-9-11-27-41(39)55-49(43)54-48(51-45)38-24-8-7-23-37(38)46-44-40-26-10-12-28-42(40)56-50(44)53-47(52-46)36-22-14-20-34(30-36)32-17-5-2-6-18-32/h1-30H. The maximum Gasteiger partial charge on any atom is 0.162 e. The zero-order chi connectivity index (χ0) is 37.0. The first-order valence-electron chi connectivity index (χ1n) is 18.6. The highest BCUT2D eigenvalue weighted by atomic mass is 32.1. The normalized spacial score (nSPS) is 11.6. The summed E-state index contributed by atoms with van der Waals surface area (Å²) in [6, 6.07) is 63.7. The fourth-order valence-electron chi connectivity index (χ4n) is 7.73. The fourth-order valence-corrected chi connectivity index (χ4v) is 9.88. The van der Waals surface area contributed by atoms with Crippen LogP contribution >= 0.6 is 22.7 Å². The van der Waals surface area contributed by atoms with Crippen LogP contribution in [0.3, 0.4) is 0 Å². The van der Waals surface area contributed by atoms with E-state index in [1.807, 2.05) is 6.07 Å². The Morgan fingerprint density at radius 3 is 1.39 bits per heavy atom. The number of rotatable bonds is 6. The monoisotopic (exact) mass is 750 g/mol. The van der Waals surface area contributed by atoms with Gasteiger partial charge in [-0.15, -0.1) is 22.7 Å². The van der Waals surface area contributed by atoms with Gasteiger partial charge in [0.2, 0.25) is 0 Å². The van der Waals surface area contributed by atoms with E-state index in [1.165, 1.54) is 15.0 Å². The molecular weight excluding hydrogens is 721 g/mol. The molecule has 0 fully saturated rings. The molecule has 56 heavy (non-hydrogen) atoms. The van der Waals surface area contributed by atoms with Crippen LogP contribution < -0.4 is 0 Å². The van der Waals surface area contributed by atoms with E-state index in [0.29, 0.717) is 11.6 Å². The Balaban J connectivity index is 1.15. The molecule has 0 aliphatic carbocycles. The van der Waals surface area contributed by atoms with Crippen molar-refractivity contribution < 1.29 is 0 Å². The van der Waals surface area contributed by atoms with E-state index in [2.05, 4.69) is 176 Å². The van der Waals surface area contributed by atoms with Gasteiger partial charge in [0.15, 0.2) is 11.6 Å². The molecule has 0 aliphatic heterocycles. The highest BCUT2D eigenvalue weighted by Gasteiger charge is 2.23. The number of fused-ring (bicyclic) bond motifs is 6. The van der Waals surface area contributed by atoms with Gasteiger partial charge < -0.3 is 0 Å². The van der Waals surface area contributed by atoms with Gasteiger partial charge in [0, 0.05) is 53.2 Å². The van der Waals surface area contributed by atoms with Crippen molar-refractivity contribution in [3.05, 3.63) is 182 Å². The Morgan fingerprint density at radius 2 is 0.750 bits per heavy atom. The fraction of sp³-hybridized carbons (Fsp3) is 0. The summed E-state index contributed by atoms with van der Waals surface area (Å²) in [6.45, 7) is 0. The van der Waals surface area contributed by atoms with Gasteiger partial charge in [-0.05, 0) is 46.5 Å². The summed E-state index contributed by atoms with van der Waals surface area (Å²) in [4.78, 5) is 23.4. The lowest BCUT2D eigenvalue weighted by atomic mass is 9.98. The van der Waals surface area contributed by atoms with E-state index in [9.17, 15) is 0 Å². The van der Waals surface area contributed by atoms with Crippen LogP contribution in [-0.2, 0) is 0 Å². The third kappa shape index (κ3) is 5.58. The Labute approximate surface area is 331 Å². The SMILES string of the molecule is c1ccc(-c2cccc(-c3nc(-c4ccccc4-c4nc(-c5cccc(-c6ccccc6)c5)c5c(n4)sc4ccccc45)c4c(n3)sc3ccccc34)c2)cc1. The van der Waals surface area contributed by atoms with Crippen LogP contribution in [0.15, 0.2) is 182 Å². The van der Waals surface area contributed by atoms with E-state index in [-0.39, 0.29) is 0 Å². The molecule has 0 amide bonds. The average Bonchev–Trinajstić information content (AvgIpc) is 3.85. The molecule has 4 aromatic heterocycles. The van der Waals surface area contributed by atoms with Gasteiger partial charge in [-0.25, -0.2) is 19.9 Å². The van der Waals surface area contributed by atoms with E-state index < -0.39 is 0 Å². The lowest BCUT2D eigenvalue weighted by molar-refractivity contribution is 1.22. The van der Waals surface area contributed by atoms with Gasteiger partial charge in [-0.1, -0.05) is 158 Å². The predicted octanol–water partition coefficient (Wildman–Crippen LogP) is 14.0. The third-order valence-corrected chi connectivity index (χ3v) is 12.5. The molecule has 0 saturated carbocycles. The Kier molecular flexibility index (Phi) is 7.83. The molecule has 6 heteroatoms. The second kappa shape index (κ2) is 13.5. The summed E-state index contributed by atoms with van der Waals surface area (Å²) in [5.41, 5.74) is 10.3. The van der Waals surface area contributed by atoms with Crippen molar-refractivity contribution in [1.29, 1.82) is 0 Å². The quantitative estimate of drug-likeness (QED) is 0.170. The molecule has 262 valence electrons. The Hall–Kier alpha value is -6.86. The second-order valence-corrected chi connectivity index (χ2v) is 15.8. The minimum Gasteiger partial charge on any atom is -0.227 e. The molecule has 11 rings (SSSR count). The topological polar surface area (TPSA) is 51.6 Å². The summed E-state index contributed by atoms with van der Waals surface area (Å²) >= 11 is 3.42. The highest BCUT2D eigenvalue weighted by Crippen LogP contribution is 2.44. The molecule has 0 N–H and O–H groups in total. The molecular formula is C50H30N4S2. The Morgan fingerprint density at radius 1 is 0.304 bits per heavy atom. The van der Waals surface area contributed by atoms with E-state index in [0.717, 1.165) is 81.5 Å². The van der Waals surface area contributed by atoms with Crippen LogP contribution in [0.25, 0.3) is 108 Å². The van der Waals surface area contributed by atoms with Gasteiger partial charge in [-0.3, -0.25) is 0 Å². The largest absolute Gasteiger partial charge is 0.227 e. The van der Waals surface area contributed by atoms with Crippen LogP contribution in [0.5, 0.6) is 0 Å². The summed E-state index contributed by atoms with van der Waals surface area (Å²) in [5.74, 6) is 1.35. The first-order valence-corrected chi connectivity index (χ1v) is 20.2. The van der Waals surface area contributed by atoms with Crippen LogP contribution in [0, 0.1) is 0 Å². The van der Waals surface area contributed by atoms with Crippen molar-refractivity contribution in [2.75, 3.05) is 0 Å². The lowest BCUT2D eigenvalue weighted by Crippen LogP contribution is -1.98. The lowest BCUT2D eigenvalue weighted by Gasteiger charge is -2.14. The summed E-state index contributed by atoms with van der Waals surface area (Å²) in [7, 11) is 0. The molecule has 0 spiro atoms. The zero-order valence-corrected chi connectivity index (χ0v) is 31.6. The minimum absolute atomic E-state index is 0.665. The van der Waals surface area contributed by atoms with E-state index >= 15 is 0 Å². The van der Waals surface area contributed by atoms with Crippen molar-refractivity contribution in [1.82, 2.24) is 19.9 Å². The van der Waals surface area contributed by atoms with Crippen molar-refractivity contribution in [3.8, 4) is 67.5 Å². The molecule has 4 heterocycles. The molecule has 0 atom stereocenters. The van der Waals surface area contributed by atoms with Crippen LogP contribution in [0.4, 0.5) is 0 Å². The second-order valence-electron chi connectivity index (χ2n) is 13.8. The molecule has 0 bridgehead atoms. The predicted molar refractivity (Wildman–Crippen MR) is 236 cm³/mol. The molecule has 0 radical (unpaired) electrons. The molecule has 4 nitrogen and oxygen atoms in total. The molecule has 0 unspecified atom stereocenters. The van der Waals surface area contributed by atoms with Gasteiger partial charge in [0.25, 0.3) is 0 Å². The molecule has 7 aromatic carbocycles. The van der Waals surface area contributed by atoms with Crippen LogP contribution in [0.1, 0.15) is 0 Å². The number of thiophene rings is 2. The van der Waals surface area contributed by atoms with Crippen LogP contribution in [-0.4, -0.2) is 19.9 Å². The third-order valence-electron chi connectivity index (χ3n) is 10.4. The van der Waals surface area contributed by atoms with Gasteiger partial charge in [0.05, 0.1) is 11.4 Å². The highest BCUT2D eigenvalue weighted by molar-refractivity contribution is 7.26. The maximum atomic E-state index is 5.50. The summed E-state index contributed by atoms with van der Waals surface area (Å²) in [5, 5.41) is 4.42. The number of hydrogen-bond donors (Lipinski definition) is 0. The number of hydrogen-bond acceptors (Lipinski definition) is 6. The van der Waals surface area contributed by atoms with Gasteiger partial charge in [-0.2, -0.15) is 0 Å². The van der Waals surface area contributed by atoms with E-state index in [1.54, 1.807) is 22.7 Å².